The van der Waals surface area contributed by atoms with E-state index in [0.29, 0.717) is 6.04 Å². The third kappa shape index (κ3) is 1.71. The molecule has 0 amide bonds. The first-order valence-electron chi connectivity index (χ1n) is 4.70. The van der Waals surface area contributed by atoms with Gasteiger partial charge in [-0.15, -0.1) is 5.10 Å². The van der Waals surface area contributed by atoms with Crippen LogP contribution in [0.15, 0.2) is 18.3 Å². The molecule has 0 bridgehead atoms. The van der Waals surface area contributed by atoms with Crippen molar-refractivity contribution in [1.82, 2.24) is 15.0 Å². The molecule has 1 aliphatic carbocycles. The largest absolute Gasteiger partial charge is 0.366 e. The Morgan fingerprint density at radius 2 is 2.31 bits per heavy atom. The van der Waals surface area contributed by atoms with E-state index in [2.05, 4.69) is 34.7 Å². The van der Waals surface area contributed by atoms with Crippen molar-refractivity contribution < 1.29 is 0 Å². The second kappa shape index (κ2) is 3.60. The average molecular weight is 178 g/mol. The first-order chi connectivity index (χ1) is 6.40. The van der Waals surface area contributed by atoms with Gasteiger partial charge in [-0.25, -0.2) is 4.68 Å². The Hall–Kier alpha value is -1.32. The number of nitrogens with zero attached hydrogens (tertiary/aromatic N) is 3. The fourth-order valence-electron chi connectivity index (χ4n) is 1.55. The zero-order valence-corrected chi connectivity index (χ0v) is 7.77. The molecule has 0 radical (unpaired) electrons. The summed E-state index contributed by atoms with van der Waals surface area (Å²) in [7, 11) is 0. The lowest BCUT2D eigenvalue weighted by Gasteiger charge is -2.12. The zero-order chi connectivity index (χ0) is 9.10. The van der Waals surface area contributed by atoms with Gasteiger partial charge in [-0.05, 0) is 19.8 Å². The SMILES string of the molecule is CCn1nncc1NC1CC=CC1. The highest BCUT2D eigenvalue weighted by Crippen LogP contribution is 2.15. The molecule has 1 N–H and O–H groups in total. The molecule has 1 aromatic rings. The van der Waals surface area contributed by atoms with E-state index in [1.807, 2.05) is 4.68 Å². The van der Waals surface area contributed by atoms with Crippen LogP contribution in [0.1, 0.15) is 19.8 Å². The molecule has 0 saturated heterocycles. The van der Waals surface area contributed by atoms with E-state index in [4.69, 9.17) is 0 Å². The molecule has 0 saturated carbocycles. The van der Waals surface area contributed by atoms with Crippen LogP contribution in [0, 0.1) is 0 Å². The normalized spacial score (nSPS) is 16.7. The first-order valence-corrected chi connectivity index (χ1v) is 4.70. The van der Waals surface area contributed by atoms with Crippen LogP contribution in [0.3, 0.4) is 0 Å². The summed E-state index contributed by atoms with van der Waals surface area (Å²) in [5.41, 5.74) is 0. The van der Waals surface area contributed by atoms with Gasteiger partial charge >= 0.3 is 0 Å². The van der Waals surface area contributed by atoms with Crippen LogP contribution < -0.4 is 5.32 Å². The molecule has 0 unspecified atom stereocenters. The Balaban J connectivity index is 2.00. The standard InChI is InChI=1S/C9H14N4/c1-2-13-9(7-10-12-13)11-8-5-3-4-6-8/h3-4,7-8,11H,2,5-6H2,1H3. The molecule has 2 rings (SSSR count). The van der Waals surface area contributed by atoms with E-state index >= 15 is 0 Å². The fraction of sp³-hybridized carbons (Fsp3) is 0.556. The summed E-state index contributed by atoms with van der Waals surface area (Å²) < 4.78 is 1.87. The molecular weight excluding hydrogens is 164 g/mol. The number of aromatic nitrogens is 3. The van der Waals surface area contributed by atoms with Gasteiger partial charge in [0.2, 0.25) is 0 Å². The van der Waals surface area contributed by atoms with Crippen molar-refractivity contribution in [2.24, 2.45) is 0 Å². The van der Waals surface area contributed by atoms with Crippen molar-refractivity contribution >= 4 is 5.82 Å². The maximum absolute atomic E-state index is 3.96. The van der Waals surface area contributed by atoms with Gasteiger partial charge in [0, 0.05) is 12.6 Å². The molecule has 0 fully saturated rings. The lowest BCUT2D eigenvalue weighted by molar-refractivity contribution is 0.623. The molecule has 0 aliphatic heterocycles. The van der Waals surface area contributed by atoms with Gasteiger partial charge < -0.3 is 5.32 Å². The summed E-state index contributed by atoms with van der Waals surface area (Å²) >= 11 is 0. The second-order valence-electron chi connectivity index (χ2n) is 3.22. The third-order valence-electron chi connectivity index (χ3n) is 2.28. The van der Waals surface area contributed by atoms with Crippen molar-refractivity contribution in [2.45, 2.75) is 32.4 Å². The molecule has 13 heavy (non-hydrogen) atoms. The van der Waals surface area contributed by atoms with Crippen molar-refractivity contribution in [3.05, 3.63) is 18.3 Å². The fourth-order valence-corrected chi connectivity index (χ4v) is 1.55. The van der Waals surface area contributed by atoms with E-state index in [1.54, 1.807) is 6.20 Å². The highest BCUT2D eigenvalue weighted by Gasteiger charge is 2.11. The molecule has 1 aliphatic rings. The van der Waals surface area contributed by atoms with Crippen molar-refractivity contribution in [3.8, 4) is 0 Å². The molecule has 0 atom stereocenters. The van der Waals surface area contributed by atoms with Crippen LogP contribution in [0.5, 0.6) is 0 Å². The number of aryl methyl sites for hydroxylation is 1. The predicted octanol–water partition coefficient (Wildman–Crippen LogP) is 1.43. The maximum atomic E-state index is 3.96. The predicted molar refractivity (Wildman–Crippen MR) is 51.5 cm³/mol. The summed E-state index contributed by atoms with van der Waals surface area (Å²) in [5.74, 6) is 1.02. The number of anilines is 1. The van der Waals surface area contributed by atoms with Crippen molar-refractivity contribution in [1.29, 1.82) is 0 Å². The Morgan fingerprint density at radius 3 is 3.00 bits per heavy atom. The monoisotopic (exact) mass is 178 g/mol. The Labute approximate surface area is 77.6 Å². The summed E-state index contributed by atoms with van der Waals surface area (Å²) in [6.07, 6.45) is 8.40. The van der Waals surface area contributed by atoms with Gasteiger partial charge in [0.1, 0.15) is 5.82 Å². The third-order valence-corrected chi connectivity index (χ3v) is 2.28. The smallest absolute Gasteiger partial charge is 0.145 e. The molecule has 1 aromatic heterocycles. The van der Waals surface area contributed by atoms with E-state index in [0.717, 1.165) is 25.2 Å². The minimum absolute atomic E-state index is 0.531. The topological polar surface area (TPSA) is 42.7 Å². The molecule has 4 heteroatoms. The van der Waals surface area contributed by atoms with E-state index in [9.17, 15) is 0 Å². The van der Waals surface area contributed by atoms with E-state index in [-0.39, 0.29) is 0 Å². The number of nitrogens with one attached hydrogen (secondary N) is 1. The maximum Gasteiger partial charge on any atom is 0.145 e. The molecule has 70 valence electrons. The van der Waals surface area contributed by atoms with Crippen molar-refractivity contribution in [2.75, 3.05) is 5.32 Å². The Morgan fingerprint density at radius 1 is 1.54 bits per heavy atom. The van der Waals surface area contributed by atoms with Gasteiger partial charge in [0.25, 0.3) is 0 Å². The number of hydrogen-bond donors (Lipinski definition) is 1. The average Bonchev–Trinajstić information content (AvgIpc) is 2.76. The van der Waals surface area contributed by atoms with Crippen molar-refractivity contribution in [3.63, 3.8) is 0 Å². The number of hydrogen-bond acceptors (Lipinski definition) is 3. The zero-order valence-electron chi connectivity index (χ0n) is 7.77. The van der Waals surface area contributed by atoms with E-state index in [1.165, 1.54) is 0 Å². The van der Waals surface area contributed by atoms with Crippen LogP contribution in [0.4, 0.5) is 5.82 Å². The highest BCUT2D eigenvalue weighted by molar-refractivity contribution is 5.33. The first kappa shape index (κ1) is 8.29. The lowest BCUT2D eigenvalue weighted by Crippen LogP contribution is -2.17. The van der Waals surface area contributed by atoms with Crippen LogP contribution in [-0.2, 0) is 6.54 Å². The summed E-state index contributed by atoms with van der Waals surface area (Å²) in [6, 6.07) is 0.531. The minimum Gasteiger partial charge on any atom is -0.366 e. The van der Waals surface area contributed by atoms with E-state index < -0.39 is 0 Å². The molecular formula is C9H14N4. The van der Waals surface area contributed by atoms with Gasteiger partial charge in [0.05, 0.1) is 6.20 Å². The summed E-state index contributed by atoms with van der Waals surface area (Å²) in [4.78, 5) is 0. The summed E-state index contributed by atoms with van der Waals surface area (Å²) in [5, 5.41) is 11.2. The minimum atomic E-state index is 0.531. The number of rotatable bonds is 3. The van der Waals surface area contributed by atoms with Crippen LogP contribution in [-0.4, -0.2) is 21.0 Å². The van der Waals surface area contributed by atoms with Gasteiger partial charge in [-0.3, -0.25) is 0 Å². The van der Waals surface area contributed by atoms with Crippen LogP contribution in [0.25, 0.3) is 0 Å². The Kier molecular flexibility index (Phi) is 2.29. The van der Waals surface area contributed by atoms with Crippen LogP contribution in [0.2, 0.25) is 0 Å². The van der Waals surface area contributed by atoms with Crippen LogP contribution >= 0.6 is 0 Å². The molecule has 0 aromatic carbocycles. The highest BCUT2D eigenvalue weighted by atomic mass is 15.4. The lowest BCUT2D eigenvalue weighted by atomic mass is 10.2. The Bertz CT molecular complexity index is 294. The van der Waals surface area contributed by atoms with Gasteiger partial charge in [-0.1, -0.05) is 17.4 Å². The quantitative estimate of drug-likeness (QED) is 0.712. The molecule has 1 heterocycles. The second-order valence-corrected chi connectivity index (χ2v) is 3.22. The molecule has 4 nitrogen and oxygen atoms in total. The molecule has 0 spiro atoms. The summed E-state index contributed by atoms with van der Waals surface area (Å²) in [6.45, 7) is 2.93. The van der Waals surface area contributed by atoms with Gasteiger partial charge in [0.15, 0.2) is 0 Å². The van der Waals surface area contributed by atoms with Gasteiger partial charge in [-0.2, -0.15) is 0 Å².